The van der Waals surface area contributed by atoms with Crippen molar-refractivity contribution >= 4 is 5.91 Å². The lowest BCUT2D eigenvalue weighted by Crippen LogP contribution is -2.28. The molecule has 0 saturated heterocycles. The van der Waals surface area contributed by atoms with Gasteiger partial charge < -0.3 is 15.2 Å². The van der Waals surface area contributed by atoms with Crippen molar-refractivity contribution in [2.45, 2.75) is 32.8 Å². The zero-order valence-electron chi connectivity index (χ0n) is 11.8. The maximum Gasteiger partial charge on any atom is 0.220 e. The van der Waals surface area contributed by atoms with Crippen molar-refractivity contribution in [3.8, 4) is 5.75 Å². The van der Waals surface area contributed by atoms with E-state index in [1.807, 2.05) is 18.2 Å². The number of aliphatic hydroxyl groups excluding tert-OH is 1. The van der Waals surface area contributed by atoms with E-state index in [0.29, 0.717) is 18.1 Å². The highest BCUT2D eigenvalue weighted by Gasteiger charge is 2.10. The van der Waals surface area contributed by atoms with Crippen LogP contribution in [0.3, 0.4) is 0 Å². The smallest absolute Gasteiger partial charge is 0.220 e. The first kappa shape index (κ1) is 15.5. The third kappa shape index (κ3) is 5.75. The van der Waals surface area contributed by atoms with Crippen molar-refractivity contribution in [3.63, 3.8) is 0 Å². The largest absolute Gasteiger partial charge is 0.497 e. The van der Waals surface area contributed by atoms with Gasteiger partial charge in [-0.2, -0.15) is 0 Å². The van der Waals surface area contributed by atoms with E-state index in [9.17, 15) is 9.90 Å². The molecule has 0 saturated carbocycles. The number of amides is 1. The SMILES string of the molecule is COc1cccc(C(O)CNC(=O)CCC(C)C)c1. The minimum absolute atomic E-state index is 0.0179. The summed E-state index contributed by atoms with van der Waals surface area (Å²) < 4.78 is 5.10. The van der Waals surface area contributed by atoms with Gasteiger partial charge in [0.15, 0.2) is 0 Å². The number of aliphatic hydroxyl groups is 1. The van der Waals surface area contributed by atoms with Gasteiger partial charge in [0.1, 0.15) is 5.75 Å². The molecule has 106 valence electrons. The Balaban J connectivity index is 2.41. The zero-order valence-corrected chi connectivity index (χ0v) is 11.8. The summed E-state index contributed by atoms with van der Waals surface area (Å²) in [6.07, 6.45) is 0.655. The summed E-state index contributed by atoms with van der Waals surface area (Å²) in [7, 11) is 1.58. The maximum absolute atomic E-state index is 11.6. The normalized spacial score (nSPS) is 12.3. The summed E-state index contributed by atoms with van der Waals surface area (Å²) in [5.74, 6) is 1.19. The Morgan fingerprint density at radius 1 is 1.42 bits per heavy atom. The van der Waals surface area contributed by atoms with E-state index in [4.69, 9.17) is 4.74 Å². The summed E-state index contributed by atoms with van der Waals surface area (Å²) in [5, 5.41) is 12.7. The van der Waals surface area contributed by atoms with Gasteiger partial charge in [-0.3, -0.25) is 4.79 Å². The molecule has 0 radical (unpaired) electrons. The van der Waals surface area contributed by atoms with Gasteiger partial charge in [-0.25, -0.2) is 0 Å². The number of carbonyl (C=O) groups excluding carboxylic acids is 1. The monoisotopic (exact) mass is 265 g/mol. The summed E-state index contributed by atoms with van der Waals surface area (Å²) >= 11 is 0. The van der Waals surface area contributed by atoms with Crippen molar-refractivity contribution in [1.29, 1.82) is 0 Å². The van der Waals surface area contributed by atoms with Crippen LogP contribution in [0.2, 0.25) is 0 Å². The number of methoxy groups -OCH3 is 1. The van der Waals surface area contributed by atoms with Crippen LogP contribution in [-0.4, -0.2) is 24.7 Å². The van der Waals surface area contributed by atoms with E-state index in [1.54, 1.807) is 13.2 Å². The van der Waals surface area contributed by atoms with Crippen LogP contribution in [-0.2, 0) is 4.79 Å². The van der Waals surface area contributed by atoms with Crippen LogP contribution in [0.25, 0.3) is 0 Å². The molecule has 1 aromatic rings. The fourth-order valence-electron chi connectivity index (χ4n) is 1.69. The molecule has 4 heteroatoms. The lowest BCUT2D eigenvalue weighted by atomic mass is 10.1. The Kier molecular flexibility index (Phi) is 6.36. The van der Waals surface area contributed by atoms with Crippen LogP contribution < -0.4 is 10.1 Å². The van der Waals surface area contributed by atoms with E-state index < -0.39 is 6.10 Å². The van der Waals surface area contributed by atoms with Gasteiger partial charge in [0, 0.05) is 13.0 Å². The van der Waals surface area contributed by atoms with E-state index in [1.165, 1.54) is 0 Å². The molecule has 4 nitrogen and oxygen atoms in total. The van der Waals surface area contributed by atoms with Crippen LogP contribution in [0.4, 0.5) is 0 Å². The predicted octanol–water partition coefficient (Wildman–Crippen LogP) is 2.28. The molecule has 0 heterocycles. The Morgan fingerprint density at radius 3 is 2.79 bits per heavy atom. The first-order chi connectivity index (χ1) is 9.02. The summed E-state index contributed by atoms with van der Waals surface area (Å²) in [6.45, 7) is 4.39. The Hall–Kier alpha value is -1.55. The van der Waals surface area contributed by atoms with E-state index >= 15 is 0 Å². The van der Waals surface area contributed by atoms with Crippen molar-refractivity contribution in [2.24, 2.45) is 5.92 Å². The molecule has 0 fully saturated rings. The molecule has 0 aromatic heterocycles. The molecule has 0 aliphatic heterocycles. The highest BCUT2D eigenvalue weighted by atomic mass is 16.5. The van der Waals surface area contributed by atoms with Gasteiger partial charge in [0.2, 0.25) is 5.91 Å². The van der Waals surface area contributed by atoms with Crippen molar-refractivity contribution in [3.05, 3.63) is 29.8 Å². The molecule has 2 N–H and O–H groups in total. The van der Waals surface area contributed by atoms with Crippen LogP contribution in [0.15, 0.2) is 24.3 Å². The van der Waals surface area contributed by atoms with E-state index in [-0.39, 0.29) is 12.5 Å². The Bertz CT molecular complexity index is 404. The maximum atomic E-state index is 11.6. The number of nitrogens with one attached hydrogen (secondary N) is 1. The minimum Gasteiger partial charge on any atom is -0.497 e. The predicted molar refractivity (Wildman–Crippen MR) is 75.0 cm³/mol. The first-order valence-electron chi connectivity index (χ1n) is 6.61. The number of carbonyl (C=O) groups is 1. The van der Waals surface area contributed by atoms with Gasteiger partial charge in [-0.05, 0) is 30.0 Å². The summed E-state index contributed by atoms with van der Waals surface area (Å²) in [5.41, 5.74) is 0.739. The van der Waals surface area contributed by atoms with Gasteiger partial charge in [0.25, 0.3) is 0 Å². The van der Waals surface area contributed by atoms with Gasteiger partial charge >= 0.3 is 0 Å². The van der Waals surface area contributed by atoms with Gasteiger partial charge in [0.05, 0.1) is 13.2 Å². The minimum atomic E-state index is -0.710. The van der Waals surface area contributed by atoms with E-state index in [0.717, 1.165) is 12.0 Å². The molecule has 1 rings (SSSR count). The molecule has 0 aliphatic rings. The topological polar surface area (TPSA) is 58.6 Å². The van der Waals surface area contributed by atoms with Crippen LogP contribution in [0.5, 0.6) is 5.75 Å². The highest BCUT2D eigenvalue weighted by Crippen LogP contribution is 2.18. The molecule has 0 spiro atoms. The van der Waals surface area contributed by atoms with E-state index in [2.05, 4.69) is 19.2 Å². The van der Waals surface area contributed by atoms with Gasteiger partial charge in [-0.1, -0.05) is 26.0 Å². The summed E-state index contributed by atoms with van der Waals surface area (Å²) in [4.78, 5) is 11.6. The number of rotatable bonds is 7. The van der Waals surface area contributed by atoms with Crippen molar-refractivity contribution in [1.82, 2.24) is 5.32 Å². The third-order valence-corrected chi connectivity index (χ3v) is 2.92. The first-order valence-corrected chi connectivity index (χ1v) is 6.61. The second-order valence-corrected chi connectivity index (χ2v) is 5.03. The second-order valence-electron chi connectivity index (χ2n) is 5.03. The Morgan fingerprint density at radius 2 is 2.16 bits per heavy atom. The fourth-order valence-corrected chi connectivity index (χ4v) is 1.69. The molecular weight excluding hydrogens is 242 g/mol. The molecule has 0 aliphatic carbocycles. The number of benzene rings is 1. The number of hydrogen-bond donors (Lipinski definition) is 2. The third-order valence-electron chi connectivity index (χ3n) is 2.92. The van der Waals surface area contributed by atoms with Crippen LogP contribution in [0, 0.1) is 5.92 Å². The lowest BCUT2D eigenvalue weighted by Gasteiger charge is -2.13. The zero-order chi connectivity index (χ0) is 14.3. The molecule has 1 atom stereocenters. The molecule has 1 unspecified atom stereocenters. The average Bonchev–Trinajstić information content (AvgIpc) is 2.42. The molecular formula is C15H23NO3. The second kappa shape index (κ2) is 7.79. The standard InChI is InChI=1S/C15H23NO3/c1-11(2)7-8-15(18)16-10-14(17)12-5-4-6-13(9-12)19-3/h4-6,9,11,14,17H,7-8,10H2,1-3H3,(H,16,18). The molecule has 1 aromatic carbocycles. The molecule has 0 bridgehead atoms. The highest BCUT2D eigenvalue weighted by molar-refractivity contribution is 5.75. The Labute approximate surface area is 114 Å². The number of ether oxygens (including phenoxy) is 1. The summed E-state index contributed by atoms with van der Waals surface area (Å²) in [6, 6.07) is 7.22. The van der Waals surface area contributed by atoms with Crippen LogP contribution >= 0.6 is 0 Å². The molecule has 19 heavy (non-hydrogen) atoms. The number of hydrogen-bond acceptors (Lipinski definition) is 3. The van der Waals surface area contributed by atoms with Gasteiger partial charge in [-0.15, -0.1) is 0 Å². The van der Waals surface area contributed by atoms with Crippen molar-refractivity contribution < 1.29 is 14.6 Å². The molecule has 1 amide bonds. The average molecular weight is 265 g/mol. The van der Waals surface area contributed by atoms with Crippen LogP contribution in [0.1, 0.15) is 38.4 Å². The quantitative estimate of drug-likeness (QED) is 0.795. The lowest BCUT2D eigenvalue weighted by molar-refractivity contribution is -0.121. The van der Waals surface area contributed by atoms with Crippen molar-refractivity contribution in [2.75, 3.05) is 13.7 Å². The fraction of sp³-hybridized carbons (Fsp3) is 0.533.